The van der Waals surface area contributed by atoms with Crippen LogP contribution in [0.15, 0.2) is 0 Å². The third kappa shape index (κ3) is 2.38. The number of piperazine rings is 1. The van der Waals surface area contributed by atoms with E-state index in [1.165, 1.54) is 12.8 Å². The molecule has 1 saturated heterocycles. The molecule has 2 atom stereocenters. The smallest absolute Gasteiger partial charge is 0.246 e. The number of nitrogens with one attached hydrogen (secondary N) is 1. The molecule has 0 aromatic heterocycles. The molecule has 1 heterocycles. The van der Waals surface area contributed by atoms with E-state index in [0.717, 1.165) is 6.54 Å². The van der Waals surface area contributed by atoms with Gasteiger partial charge in [-0.25, -0.2) is 0 Å². The lowest BCUT2D eigenvalue weighted by atomic mass is 9.95. The average Bonchev–Trinajstić information content (AvgIpc) is 3.01. The van der Waals surface area contributed by atoms with Gasteiger partial charge in [-0.2, -0.15) is 0 Å². The second-order valence-corrected chi connectivity index (χ2v) is 6.43. The van der Waals surface area contributed by atoms with Crippen LogP contribution in [-0.4, -0.2) is 35.3 Å². The van der Waals surface area contributed by atoms with Gasteiger partial charge in [0.2, 0.25) is 11.8 Å². The third-order valence-electron chi connectivity index (χ3n) is 4.23. The zero-order valence-corrected chi connectivity index (χ0v) is 11.8. The Morgan fingerprint density at radius 1 is 1.39 bits per heavy atom. The average molecular weight is 252 g/mol. The first-order valence-electron chi connectivity index (χ1n) is 6.99. The fraction of sp³-hybridized carbons (Fsp3) is 0.857. The number of rotatable bonds is 4. The van der Waals surface area contributed by atoms with Gasteiger partial charge in [0.15, 0.2) is 0 Å². The number of nitrogens with zero attached hydrogens (tertiary/aromatic N) is 1. The first kappa shape index (κ1) is 13.4. The van der Waals surface area contributed by atoms with Crippen molar-refractivity contribution in [1.29, 1.82) is 0 Å². The van der Waals surface area contributed by atoms with Gasteiger partial charge in [0, 0.05) is 6.54 Å². The Morgan fingerprint density at radius 2 is 2.00 bits per heavy atom. The van der Waals surface area contributed by atoms with E-state index in [-0.39, 0.29) is 35.2 Å². The fourth-order valence-corrected chi connectivity index (χ4v) is 2.61. The maximum Gasteiger partial charge on any atom is 0.246 e. The first-order chi connectivity index (χ1) is 8.38. The van der Waals surface area contributed by atoms with Crippen LogP contribution in [0, 0.1) is 11.3 Å². The van der Waals surface area contributed by atoms with Gasteiger partial charge in [-0.1, -0.05) is 27.7 Å². The van der Waals surface area contributed by atoms with Crippen LogP contribution < -0.4 is 5.32 Å². The van der Waals surface area contributed by atoms with Gasteiger partial charge >= 0.3 is 0 Å². The van der Waals surface area contributed by atoms with E-state index < -0.39 is 0 Å². The Labute approximate surface area is 109 Å². The Morgan fingerprint density at radius 3 is 2.44 bits per heavy atom. The van der Waals surface area contributed by atoms with E-state index in [1.807, 2.05) is 25.7 Å². The predicted molar refractivity (Wildman–Crippen MR) is 69.9 cm³/mol. The highest BCUT2D eigenvalue weighted by molar-refractivity contribution is 5.97. The molecule has 2 amide bonds. The molecule has 1 aliphatic carbocycles. The summed E-state index contributed by atoms with van der Waals surface area (Å²) in [5.74, 6) is 0.262. The van der Waals surface area contributed by atoms with E-state index >= 15 is 0 Å². The molecule has 0 spiro atoms. The number of hydrogen-bond acceptors (Lipinski definition) is 2. The van der Waals surface area contributed by atoms with Crippen molar-refractivity contribution in [1.82, 2.24) is 10.2 Å². The summed E-state index contributed by atoms with van der Waals surface area (Å²) in [6, 6.07) is -0.618. The zero-order chi connectivity index (χ0) is 13.5. The highest BCUT2D eigenvalue weighted by Crippen LogP contribution is 2.46. The summed E-state index contributed by atoms with van der Waals surface area (Å²) >= 11 is 0. The summed E-state index contributed by atoms with van der Waals surface area (Å²) in [6.07, 6.45) is 3.03. The summed E-state index contributed by atoms with van der Waals surface area (Å²) in [7, 11) is 0. The largest absolute Gasteiger partial charge is 0.342 e. The van der Waals surface area contributed by atoms with Crippen molar-refractivity contribution < 1.29 is 9.59 Å². The number of hydrogen-bond donors (Lipinski definition) is 1. The molecule has 2 unspecified atom stereocenters. The predicted octanol–water partition coefficient (Wildman–Crippen LogP) is 1.55. The van der Waals surface area contributed by atoms with Gasteiger partial charge in [0.05, 0.1) is 0 Å². The van der Waals surface area contributed by atoms with Crippen LogP contribution in [0.25, 0.3) is 0 Å². The van der Waals surface area contributed by atoms with Gasteiger partial charge in [-0.15, -0.1) is 0 Å². The second kappa shape index (κ2) is 4.56. The van der Waals surface area contributed by atoms with Gasteiger partial charge < -0.3 is 10.2 Å². The number of amides is 2. The minimum absolute atomic E-state index is 0.0139. The Kier molecular flexibility index (Phi) is 3.39. The normalized spacial score (nSPS) is 30.6. The molecule has 4 nitrogen and oxygen atoms in total. The topological polar surface area (TPSA) is 49.4 Å². The molecule has 0 radical (unpaired) electrons. The molecular formula is C14H24N2O2. The molecule has 2 fully saturated rings. The molecule has 18 heavy (non-hydrogen) atoms. The molecule has 0 aromatic carbocycles. The van der Waals surface area contributed by atoms with Crippen LogP contribution in [0.3, 0.4) is 0 Å². The van der Waals surface area contributed by atoms with Crippen molar-refractivity contribution in [3.8, 4) is 0 Å². The summed E-state index contributed by atoms with van der Waals surface area (Å²) in [5.41, 5.74) is 0.252. The Bertz CT molecular complexity index is 361. The van der Waals surface area contributed by atoms with E-state index in [4.69, 9.17) is 0 Å². The van der Waals surface area contributed by atoms with E-state index in [9.17, 15) is 9.59 Å². The molecular weight excluding hydrogens is 228 g/mol. The van der Waals surface area contributed by atoms with Crippen LogP contribution in [0.1, 0.15) is 47.0 Å². The van der Waals surface area contributed by atoms with Crippen LogP contribution >= 0.6 is 0 Å². The van der Waals surface area contributed by atoms with Crippen LogP contribution in [0.2, 0.25) is 0 Å². The lowest BCUT2D eigenvalue weighted by Gasteiger charge is -2.41. The van der Waals surface area contributed by atoms with Crippen LogP contribution in [-0.2, 0) is 9.59 Å². The molecule has 1 saturated carbocycles. The quantitative estimate of drug-likeness (QED) is 0.825. The fourth-order valence-electron chi connectivity index (χ4n) is 2.61. The summed E-state index contributed by atoms with van der Waals surface area (Å²) in [6.45, 7) is 8.86. The molecule has 2 rings (SSSR count). The monoisotopic (exact) mass is 252 g/mol. The highest BCUT2D eigenvalue weighted by Gasteiger charge is 2.46. The van der Waals surface area contributed by atoms with Crippen LogP contribution in [0.4, 0.5) is 0 Å². The van der Waals surface area contributed by atoms with Crippen molar-refractivity contribution in [2.45, 2.75) is 59.0 Å². The molecule has 4 heteroatoms. The molecule has 102 valence electrons. The van der Waals surface area contributed by atoms with Crippen molar-refractivity contribution in [2.75, 3.05) is 6.54 Å². The highest BCUT2D eigenvalue weighted by atomic mass is 16.2. The third-order valence-corrected chi connectivity index (χ3v) is 4.23. The summed E-state index contributed by atoms with van der Waals surface area (Å²) < 4.78 is 0. The van der Waals surface area contributed by atoms with Crippen molar-refractivity contribution in [3.05, 3.63) is 0 Å². The Hall–Kier alpha value is -1.06. The van der Waals surface area contributed by atoms with Crippen molar-refractivity contribution in [3.63, 3.8) is 0 Å². The minimum atomic E-state index is -0.345. The molecule has 1 aliphatic heterocycles. The second-order valence-electron chi connectivity index (χ2n) is 6.43. The molecule has 0 bridgehead atoms. The zero-order valence-electron chi connectivity index (χ0n) is 11.8. The SMILES string of the molecule is CCC1C(=O)NC(C(C)C)C(=O)N1CC1(C)CC1. The van der Waals surface area contributed by atoms with Crippen LogP contribution in [0.5, 0.6) is 0 Å². The lowest BCUT2D eigenvalue weighted by molar-refractivity contribution is -0.151. The summed E-state index contributed by atoms with van der Waals surface area (Å²) in [4.78, 5) is 26.4. The van der Waals surface area contributed by atoms with Gasteiger partial charge in [0.25, 0.3) is 0 Å². The van der Waals surface area contributed by atoms with Crippen molar-refractivity contribution in [2.24, 2.45) is 11.3 Å². The lowest BCUT2D eigenvalue weighted by Crippen LogP contribution is -2.65. The minimum Gasteiger partial charge on any atom is -0.342 e. The summed E-state index contributed by atoms with van der Waals surface area (Å²) in [5, 5.41) is 2.87. The Balaban J connectivity index is 2.19. The van der Waals surface area contributed by atoms with Gasteiger partial charge in [-0.3, -0.25) is 9.59 Å². The number of carbonyl (C=O) groups excluding carboxylic acids is 2. The molecule has 2 aliphatic rings. The van der Waals surface area contributed by atoms with E-state index in [2.05, 4.69) is 12.2 Å². The van der Waals surface area contributed by atoms with Gasteiger partial charge in [0.1, 0.15) is 12.1 Å². The van der Waals surface area contributed by atoms with E-state index in [0.29, 0.717) is 6.42 Å². The maximum absolute atomic E-state index is 12.5. The van der Waals surface area contributed by atoms with Gasteiger partial charge in [-0.05, 0) is 30.6 Å². The number of carbonyl (C=O) groups is 2. The first-order valence-corrected chi connectivity index (χ1v) is 6.99. The van der Waals surface area contributed by atoms with Crippen molar-refractivity contribution >= 4 is 11.8 Å². The van der Waals surface area contributed by atoms with E-state index in [1.54, 1.807) is 0 Å². The molecule has 0 aromatic rings. The molecule has 1 N–H and O–H groups in total. The maximum atomic E-state index is 12.5. The standard InChI is InChI=1S/C14H24N2O2/c1-5-10-12(17)15-11(9(2)3)13(18)16(10)8-14(4)6-7-14/h9-11H,5-8H2,1-4H3,(H,15,17).